The van der Waals surface area contributed by atoms with E-state index in [9.17, 15) is 9.59 Å². The minimum Gasteiger partial charge on any atom is -0.497 e. The van der Waals surface area contributed by atoms with Crippen molar-refractivity contribution >= 4 is 34.2 Å². The minimum atomic E-state index is -0.242. The zero-order valence-corrected chi connectivity index (χ0v) is 20.0. The number of fused-ring (bicyclic) bond motifs is 1. The summed E-state index contributed by atoms with van der Waals surface area (Å²) in [6.07, 6.45) is 1.97. The molecule has 3 aromatic carbocycles. The van der Waals surface area contributed by atoms with Crippen LogP contribution in [0.25, 0.3) is 11.0 Å². The molecule has 4 aromatic rings. The second kappa shape index (κ2) is 10.7. The van der Waals surface area contributed by atoms with Crippen LogP contribution < -0.4 is 20.1 Å². The summed E-state index contributed by atoms with van der Waals surface area (Å²) in [7, 11) is 3.12. The van der Waals surface area contributed by atoms with Gasteiger partial charge >= 0.3 is 0 Å². The highest BCUT2D eigenvalue weighted by molar-refractivity contribution is 6.06. The van der Waals surface area contributed by atoms with Gasteiger partial charge in [0, 0.05) is 48.0 Å². The number of aryl methyl sites for hydroxylation is 2. The van der Waals surface area contributed by atoms with Crippen molar-refractivity contribution < 1.29 is 19.1 Å². The Hall–Kier alpha value is -4.33. The fraction of sp³-hybridized carbons (Fsp3) is 0.222. The number of benzene rings is 3. The Labute approximate surface area is 203 Å². The van der Waals surface area contributed by atoms with Crippen LogP contribution in [0.2, 0.25) is 0 Å². The molecule has 0 aliphatic heterocycles. The monoisotopic (exact) mass is 472 g/mol. The Morgan fingerprint density at radius 3 is 2.23 bits per heavy atom. The van der Waals surface area contributed by atoms with Crippen molar-refractivity contribution in [1.82, 2.24) is 9.97 Å². The molecule has 0 fully saturated rings. The van der Waals surface area contributed by atoms with E-state index in [0.29, 0.717) is 29.2 Å². The number of aromatic nitrogens is 2. The van der Waals surface area contributed by atoms with E-state index >= 15 is 0 Å². The number of H-pyrrole nitrogens is 1. The average Bonchev–Trinajstić information content (AvgIpc) is 3.30. The number of nitrogens with zero attached hydrogens (tertiary/aromatic N) is 1. The second-order valence-corrected chi connectivity index (χ2v) is 8.07. The third-order valence-corrected chi connectivity index (χ3v) is 5.61. The molecule has 0 saturated carbocycles. The van der Waals surface area contributed by atoms with Gasteiger partial charge in [-0.15, -0.1) is 0 Å². The lowest BCUT2D eigenvalue weighted by Crippen LogP contribution is -2.12. The van der Waals surface area contributed by atoms with Crippen LogP contribution in [0.15, 0.2) is 60.7 Å². The normalized spacial score (nSPS) is 10.7. The number of nitrogens with one attached hydrogen (secondary N) is 3. The number of hydrogen-bond acceptors (Lipinski definition) is 5. The van der Waals surface area contributed by atoms with Gasteiger partial charge in [-0.05, 0) is 42.3 Å². The highest BCUT2D eigenvalue weighted by atomic mass is 16.5. The number of methoxy groups -OCH3 is 2. The Bertz CT molecular complexity index is 1320. The van der Waals surface area contributed by atoms with Crippen LogP contribution in [-0.4, -0.2) is 36.0 Å². The molecule has 1 heterocycles. The summed E-state index contributed by atoms with van der Waals surface area (Å²) in [5.41, 5.74) is 4.64. The van der Waals surface area contributed by atoms with Gasteiger partial charge in [0.1, 0.15) is 17.3 Å². The maximum Gasteiger partial charge on any atom is 0.255 e. The average molecular weight is 473 g/mol. The Balaban J connectivity index is 1.42. The number of ether oxygens (including phenoxy) is 2. The molecule has 3 N–H and O–H groups in total. The van der Waals surface area contributed by atoms with Gasteiger partial charge in [0.05, 0.1) is 25.3 Å². The summed E-state index contributed by atoms with van der Waals surface area (Å²) >= 11 is 0. The van der Waals surface area contributed by atoms with E-state index in [-0.39, 0.29) is 11.8 Å². The molecule has 0 aliphatic rings. The third-order valence-electron chi connectivity index (χ3n) is 5.61. The van der Waals surface area contributed by atoms with Gasteiger partial charge < -0.3 is 25.1 Å². The Kier molecular flexibility index (Phi) is 7.30. The number of aromatic amines is 1. The van der Waals surface area contributed by atoms with Crippen LogP contribution in [0, 0.1) is 0 Å². The number of imidazole rings is 1. The quantitative estimate of drug-likeness (QED) is 0.319. The molecule has 0 unspecified atom stereocenters. The van der Waals surface area contributed by atoms with Gasteiger partial charge in [-0.25, -0.2) is 4.98 Å². The molecule has 2 amide bonds. The lowest BCUT2D eigenvalue weighted by Gasteiger charge is -2.10. The maximum absolute atomic E-state index is 12.8. The molecule has 4 rings (SSSR count). The van der Waals surface area contributed by atoms with Crippen LogP contribution in [0.5, 0.6) is 11.5 Å². The molecule has 0 bridgehead atoms. The summed E-state index contributed by atoms with van der Waals surface area (Å²) in [4.78, 5) is 32.3. The van der Waals surface area contributed by atoms with Gasteiger partial charge in [0.15, 0.2) is 0 Å². The first-order valence-electron chi connectivity index (χ1n) is 11.4. The Morgan fingerprint density at radius 2 is 1.57 bits per heavy atom. The third kappa shape index (κ3) is 5.97. The number of carbonyl (C=O) groups is 2. The van der Waals surface area contributed by atoms with Gasteiger partial charge in [-0.1, -0.05) is 19.1 Å². The number of amides is 2. The van der Waals surface area contributed by atoms with Crippen molar-refractivity contribution in [2.45, 2.75) is 26.2 Å². The fourth-order valence-electron chi connectivity index (χ4n) is 3.67. The van der Waals surface area contributed by atoms with Gasteiger partial charge in [0.2, 0.25) is 5.91 Å². The molecule has 35 heavy (non-hydrogen) atoms. The van der Waals surface area contributed by atoms with E-state index < -0.39 is 0 Å². The van der Waals surface area contributed by atoms with Gasteiger partial charge in [-0.2, -0.15) is 0 Å². The molecule has 0 aliphatic carbocycles. The summed E-state index contributed by atoms with van der Waals surface area (Å²) in [6.45, 7) is 1.82. The first-order valence-corrected chi connectivity index (χ1v) is 11.4. The summed E-state index contributed by atoms with van der Waals surface area (Å²) in [5.74, 6) is 1.78. The topological polar surface area (TPSA) is 105 Å². The summed E-state index contributed by atoms with van der Waals surface area (Å²) < 4.78 is 10.5. The highest BCUT2D eigenvalue weighted by Crippen LogP contribution is 2.26. The first kappa shape index (κ1) is 23.8. The molecule has 8 nitrogen and oxygen atoms in total. The van der Waals surface area contributed by atoms with Gasteiger partial charge in [0.25, 0.3) is 5.91 Å². The van der Waals surface area contributed by atoms with Crippen molar-refractivity contribution in [3.8, 4) is 11.5 Å². The van der Waals surface area contributed by atoms with Crippen LogP contribution >= 0.6 is 0 Å². The van der Waals surface area contributed by atoms with E-state index in [1.165, 1.54) is 0 Å². The fourth-order valence-corrected chi connectivity index (χ4v) is 3.67. The maximum atomic E-state index is 12.8. The lowest BCUT2D eigenvalue weighted by molar-refractivity contribution is -0.115. The van der Waals surface area contributed by atoms with Crippen molar-refractivity contribution in [2.24, 2.45) is 0 Å². The van der Waals surface area contributed by atoms with E-state index in [0.717, 1.165) is 41.0 Å². The van der Waals surface area contributed by atoms with Crippen LogP contribution in [0.1, 0.15) is 35.1 Å². The first-order chi connectivity index (χ1) is 17.0. The zero-order chi connectivity index (χ0) is 24.8. The van der Waals surface area contributed by atoms with E-state index in [1.54, 1.807) is 44.6 Å². The smallest absolute Gasteiger partial charge is 0.255 e. The number of anilines is 2. The van der Waals surface area contributed by atoms with E-state index in [4.69, 9.17) is 9.47 Å². The Morgan fingerprint density at radius 1 is 0.857 bits per heavy atom. The molecule has 180 valence electrons. The van der Waals surface area contributed by atoms with E-state index in [1.807, 2.05) is 37.3 Å². The molecule has 0 atom stereocenters. The van der Waals surface area contributed by atoms with Gasteiger partial charge in [-0.3, -0.25) is 9.59 Å². The van der Waals surface area contributed by atoms with Crippen LogP contribution in [-0.2, 0) is 17.6 Å². The second-order valence-electron chi connectivity index (χ2n) is 8.07. The molecule has 8 heteroatoms. The number of carbonyl (C=O) groups excluding carboxylic acids is 2. The largest absolute Gasteiger partial charge is 0.497 e. The van der Waals surface area contributed by atoms with E-state index in [2.05, 4.69) is 20.6 Å². The van der Waals surface area contributed by atoms with Crippen molar-refractivity contribution in [3.05, 3.63) is 77.6 Å². The number of hydrogen-bond donors (Lipinski definition) is 3. The van der Waals surface area contributed by atoms with Crippen LogP contribution in [0.4, 0.5) is 11.4 Å². The predicted molar refractivity (Wildman–Crippen MR) is 136 cm³/mol. The molecule has 1 aromatic heterocycles. The van der Waals surface area contributed by atoms with Crippen molar-refractivity contribution in [1.29, 1.82) is 0 Å². The number of rotatable bonds is 9. The lowest BCUT2D eigenvalue weighted by atomic mass is 10.1. The minimum absolute atomic E-state index is 0.00343. The van der Waals surface area contributed by atoms with Crippen molar-refractivity contribution in [2.75, 3.05) is 24.9 Å². The predicted octanol–water partition coefficient (Wildman–Crippen LogP) is 4.97. The van der Waals surface area contributed by atoms with Crippen LogP contribution in [0.3, 0.4) is 0 Å². The molecule has 0 spiro atoms. The summed E-state index contributed by atoms with van der Waals surface area (Å²) in [6, 6.07) is 18.4. The SMILES string of the molecule is CCC(=O)Nc1ccc(CCc2nc3ccc(C(=O)Nc4cc(OC)cc(OC)c4)cc3[nH]2)cc1. The highest BCUT2D eigenvalue weighted by Gasteiger charge is 2.11. The molecular formula is C27H28N4O4. The van der Waals surface area contributed by atoms with Crippen molar-refractivity contribution in [3.63, 3.8) is 0 Å². The molecule has 0 radical (unpaired) electrons. The molecule has 0 saturated heterocycles. The zero-order valence-electron chi connectivity index (χ0n) is 20.0. The summed E-state index contributed by atoms with van der Waals surface area (Å²) in [5, 5.41) is 5.73. The standard InChI is InChI=1S/C27H28N4O4/c1-4-26(32)28-19-9-5-17(6-10-19)7-12-25-30-23-11-8-18(13-24(23)31-25)27(33)29-20-14-21(34-2)16-22(15-20)35-3/h5-6,8-11,13-16H,4,7,12H2,1-3H3,(H,28,32)(H,29,33)(H,30,31). The molecular weight excluding hydrogens is 444 g/mol.